The van der Waals surface area contributed by atoms with E-state index < -0.39 is 35.5 Å². The summed E-state index contributed by atoms with van der Waals surface area (Å²) in [6.07, 6.45) is 3.16. The van der Waals surface area contributed by atoms with Gasteiger partial charge >= 0.3 is 5.97 Å². The molecule has 4 atom stereocenters. The van der Waals surface area contributed by atoms with Crippen LogP contribution in [-0.4, -0.2) is 36.9 Å². The third-order valence-electron chi connectivity index (χ3n) is 9.86. The highest BCUT2D eigenvalue weighted by Crippen LogP contribution is 2.58. The van der Waals surface area contributed by atoms with Gasteiger partial charge in [0.2, 0.25) is 5.91 Å². The zero-order chi connectivity index (χ0) is 32.8. The molecule has 7 nitrogen and oxygen atoms in total. The van der Waals surface area contributed by atoms with E-state index in [0.717, 1.165) is 22.4 Å². The van der Waals surface area contributed by atoms with Gasteiger partial charge in [0, 0.05) is 16.9 Å². The monoisotopic (exact) mass is 632 g/mol. The van der Waals surface area contributed by atoms with Crippen molar-refractivity contribution in [3.05, 3.63) is 167 Å². The van der Waals surface area contributed by atoms with Crippen LogP contribution in [0.4, 0.5) is 11.4 Å². The Kier molecular flexibility index (Phi) is 7.17. The number of hydrogen-bond donors (Lipinski definition) is 1. The molecule has 1 spiro atoms. The van der Waals surface area contributed by atoms with Gasteiger partial charge in [0.25, 0.3) is 0 Å². The number of esters is 1. The largest absolute Gasteiger partial charge is 0.497 e. The first-order valence-corrected chi connectivity index (χ1v) is 16.0. The number of anilines is 2. The van der Waals surface area contributed by atoms with Gasteiger partial charge in [0.1, 0.15) is 23.1 Å². The molecule has 3 aliphatic rings. The fraction of sp³-hybridized carbons (Fsp3) is 0.146. The van der Waals surface area contributed by atoms with Crippen LogP contribution < -0.4 is 15.0 Å². The fourth-order valence-electron chi connectivity index (χ4n) is 7.81. The zero-order valence-electron chi connectivity index (χ0n) is 26.2. The second kappa shape index (κ2) is 11.7. The Morgan fingerprint density at radius 3 is 2.19 bits per heavy atom. The molecule has 1 saturated heterocycles. The number of carbonyl (C=O) groups is 3. The molecule has 3 aliphatic heterocycles. The summed E-state index contributed by atoms with van der Waals surface area (Å²) >= 11 is 0. The van der Waals surface area contributed by atoms with Crippen molar-refractivity contribution in [2.45, 2.75) is 23.6 Å². The highest BCUT2D eigenvalue weighted by molar-refractivity contribution is 6.15. The Morgan fingerprint density at radius 1 is 0.792 bits per heavy atom. The molecule has 0 aromatic heterocycles. The number of ether oxygens (including phenoxy) is 2. The Morgan fingerprint density at radius 2 is 1.46 bits per heavy atom. The van der Waals surface area contributed by atoms with Gasteiger partial charge in [0.15, 0.2) is 11.9 Å². The van der Waals surface area contributed by atoms with Crippen LogP contribution in [0.25, 0.3) is 6.08 Å². The second-order valence-electron chi connectivity index (χ2n) is 12.3. The number of nitrogens with zero attached hydrogens (tertiary/aromatic N) is 1. The number of hydrogen-bond acceptors (Lipinski definition) is 6. The number of nitrogens with one attached hydrogen (secondary N) is 1. The average molecular weight is 633 g/mol. The summed E-state index contributed by atoms with van der Waals surface area (Å²) in [6.45, 7) is 0. The summed E-state index contributed by atoms with van der Waals surface area (Å²) in [7, 11) is 1.54. The van der Waals surface area contributed by atoms with Crippen molar-refractivity contribution < 1.29 is 23.9 Å². The van der Waals surface area contributed by atoms with Gasteiger partial charge in [-0.25, -0.2) is 0 Å². The Hall–Kier alpha value is -5.95. The quantitative estimate of drug-likeness (QED) is 0.154. The molecule has 0 radical (unpaired) electrons. The van der Waals surface area contributed by atoms with E-state index >= 15 is 9.59 Å². The van der Waals surface area contributed by atoms with Gasteiger partial charge in [-0.1, -0.05) is 121 Å². The lowest BCUT2D eigenvalue weighted by Gasteiger charge is -2.37. The number of para-hydroxylation sites is 2. The number of carbonyl (C=O) groups excluding carboxylic acids is 3. The highest BCUT2D eigenvalue weighted by atomic mass is 16.5. The summed E-state index contributed by atoms with van der Waals surface area (Å²) in [5.74, 6) is -2.01. The second-order valence-corrected chi connectivity index (χ2v) is 12.3. The van der Waals surface area contributed by atoms with E-state index in [1.165, 1.54) is 0 Å². The van der Waals surface area contributed by atoms with Gasteiger partial charge in [-0.3, -0.25) is 14.4 Å². The smallest absolute Gasteiger partial charge is 0.314 e. The SMILES string of the molecule is COc1cccc(C(=O)[C@H]2[C@@H](C(=O)OC(c3ccccc3)c3ccccc3)[C@]3(C(=O)Nc4ccccc43)[C@@H]3C=Cc4ccccc4N32)c1. The molecule has 0 bridgehead atoms. The summed E-state index contributed by atoms with van der Waals surface area (Å²) in [4.78, 5) is 46.9. The third kappa shape index (κ3) is 4.46. The minimum Gasteiger partial charge on any atom is -0.497 e. The standard InChI is InChI=1S/C41H32N2O5/c1-47-30-19-12-18-29(25-30)37(44)36-35(39(45)48-38(27-14-4-2-5-15-27)28-16-6-3-7-17-28)41(31-20-9-10-21-32(31)42-40(41)46)34-24-23-26-13-8-11-22-33(26)43(34)36/h2-25,34-36,38H,1H3,(H,42,46)/t34-,35-,36+,41+/m0/s1. The maximum atomic E-state index is 15.2. The number of fused-ring (bicyclic) bond motifs is 6. The highest BCUT2D eigenvalue weighted by Gasteiger charge is 2.71. The molecule has 1 N–H and O–H groups in total. The first-order chi connectivity index (χ1) is 23.5. The van der Waals surface area contributed by atoms with Crippen molar-refractivity contribution in [2.75, 3.05) is 17.3 Å². The van der Waals surface area contributed by atoms with E-state index in [9.17, 15) is 4.79 Å². The summed E-state index contributed by atoms with van der Waals surface area (Å²) in [6, 6.07) is 39.4. The number of benzene rings is 5. The summed E-state index contributed by atoms with van der Waals surface area (Å²) in [5, 5.41) is 3.07. The Balaban J connectivity index is 1.36. The molecular formula is C41H32N2O5. The van der Waals surface area contributed by atoms with Gasteiger partial charge in [0.05, 0.1) is 13.2 Å². The average Bonchev–Trinajstić information content (AvgIpc) is 3.63. The molecule has 1 fully saturated rings. The lowest BCUT2D eigenvalue weighted by Crippen LogP contribution is -2.51. The van der Waals surface area contributed by atoms with Gasteiger partial charge in [-0.15, -0.1) is 0 Å². The lowest BCUT2D eigenvalue weighted by molar-refractivity contribution is -0.156. The van der Waals surface area contributed by atoms with Crippen molar-refractivity contribution in [3.63, 3.8) is 0 Å². The van der Waals surface area contributed by atoms with Crippen LogP contribution in [0.3, 0.4) is 0 Å². The zero-order valence-corrected chi connectivity index (χ0v) is 26.2. The van der Waals surface area contributed by atoms with Crippen molar-refractivity contribution >= 4 is 35.1 Å². The van der Waals surface area contributed by atoms with Crippen LogP contribution in [0.2, 0.25) is 0 Å². The molecule has 0 aliphatic carbocycles. The predicted octanol–water partition coefficient (Wildman–Crippen LogP) is 7.00. The van der Waals surface area contributed by atoms with Crippen LogP contribution in [-0.2, 0) is 19.7 Å². The lowest BCUT2D eigenvalue weighted by atomic mass is 9.66. The van der Waals surface area contributed by atoms with Crippen molar-refractivity contribution in [1.29, 1.82) is 0 Å². The molecule has 5 aromatic rings. The van der Waals surface area contributed by atoms with Crippen LogP contribution in [0, 0.1) is 5.92 Å². The van der Waals surface area contributed by atoms with Gasteiger partial charge in [-0.05, 0) is 46.5 Å². The molecule has 1 amide bonds. The maximum Gasteiger partial charge on any atom is 0.314 e. The first-order valence-electron chi connectivity index (χ1n) is 16.0. The fourth-order valence-corrected chi connectivity index (χ4v) is 7.81. The van der Waals surface area contributed by atoms with E-state index in [1.54, 1.807) is 31.4 Å². The predicted molar refractivity (Wildman–Crippen MR) is 184 cm³/mol. The first kappa shape index (κ1) is 29.5. The number of Topliss-reactive ketones (excluding diaryl/α,β-unsaturated/α-hetero) is 1. The van der Waals surface area contributed by atoms with Gasteiger partial charge < -0.3 is 19.7 Å². The molecule has 236 valence electrons. The number of methoxy groups -OCH3 is 1. The minimum absolute atomic E-state index is 0.309. The molecule has 0 saturated carbocycles. The molecule has 3 heterocycles. The van der Waals surface area contributed by atoms with Crippen molar-refractivity contribution in [3.8, 4) is 5.75 Å². The van der Waals surface area contributed by atoms with E-state index in [2.05, 4.69) is 5.32 Å². The van der Waals surface area contributed by atoms with E-state index in [-0.39, 0.29) is 11.7 Å². The number of rotatable bonds is 7. The molecule has 0 unspecified atom stereocenters. The molecule has 8 rings (SSSR count). The van der Waals surface area contributed by atoms with Crippen molar-refractivity contribution in [1.82, 2.24) is 0 Å². The Labute approximate surface area is 278 Å². The van der Waals surface area contributed by atoms with Gasteiger partial charge in [-0.2, -0.15) is 0 Å². The van der Waals surface area contributed by atoms with Crippen LogP contribution in [0.1, 0.15) is 38.7 Å². The number of amides is 1. The van der Waals surface area contributed by atoms with Crippen LogP contribution in [0.5, 0.6) is 5.75 Å². The van der Waals surface area contributed by atoms with E-state index in [1.807, 2.05) is 126 Å². The minimum atomic E-state index is -1.48. The Bertz CT molecular complexity index is 2040. The van der Waals surface area contributed by atoms with Crippen molar-refractivity contribution in [2.24, 2.45) is 5.92 Å². The summed E-state index contributed by atoms with van der Waals surface area (Å²) in [5.41, 5.74) is 3.37. The summed E-state index contributed by atoms with van der Waals surface area (Å²) < 4.78 is 12.0. The molecule has 7 heteroatoms. The number of ketones is 1. The third-order valence-corrected chi connectivity index (χ3v) is 9.86. The molecule has 48 heavy (non-hydrogen) atoms. The maximum absolute atomic E-state index is 15.2. The van der Waals surface area contributed by atoms with E-state index in [4.69, 9.17) is 9.47 Å². The topological polar surface area (TPSA) is 84.9 Å². The molecule has 5 aromatic carbocycles. The normalized spacial score (nSPS) is 21.8. The van der Waals surface area contributed by atoms with Crippen LogP contribution in [0.15, 0.2) is 140 Å². The van der Waals surface area contributed by atoms with E-state index in [0.29, 0.717) is 22.6 Å². The molecular weight excluding hydrogens is 600 g/mol. The van der Waals surface area contributed by atoms with Crippen LogP contribution >= 0.6 is 0 Å².